The molecule has 1 unspecified atom stereocenters. The van der Waals surface area contributed by atoms with Crippen LogP contribution in [0.4, 0.5) is 5.69 Å². The molecule has 1 saturated heterocycles. The van der Waals surface area contributed by atoms with Crippen molar-refractivity contribution in [3.8, 4) is 0 Å². The van der Waals surface area contributed by atoms with E-state index in [0.29, 0.717) is 12.8 Å². The number of primary amides is 1. The van der Waals surface area contributed by atoms with Crippen LogP contribution in [0.15, 0.2) is 23.1 Å². The number of benzene rings is 1. The van der Waals surface area contributed by atoms with E-state index >= 15 is 0 Å². The minimum Gasteiger partial charge on any atom is -0.398 e. The molecule has 2 rings (SSSR count). The maximum Gasteiger partial charge on any atom is 0.247 e. The number of anilines is 1. The third-order valence-electron chi connectivity index (χ3n) is 3.10. The van der Waals surface area contributed by atoms with Gasteiger partial charge in [0.25, 0.3) is 0 Å². The summed E-state index contributed by atoms with van der Waals surface area (Å²) in [5.41, 5.74) is 11.0. The van der Waals surface area contributed by atoms with Crippen LogP contribution >= 0.6 is 11.6 Å². The molecular weight excluding hydrogens is 290 g/mol. The molecular formula is C11H14ClN3O3S. The topological polar surface area (TPSA) is 106 Å². The molecule has 8 heteroatoms. The second-order valence-electron chi connectivity index (χ2n) is 4.33. The Labute approximate surface area is 116 Å². The molecule has 4 N–H and O–H groups in total. The van der Waals surface area contributed by atoms with E-state index in [1.165, 1.54) is 12.1 Å². The van der Waals surface area contributed by atoms with Crippen LogP contribution in [0.5, 0.6) is 0 Å². The van der Waals surface area contributed by atoms with Gasteiger partial charge in [0, 0.05) is 6.54 Å². The van der Waals surface area contributed by atoms with Crippen molar-refractivity contribution in [3.63, 3.8) is 0 Å². The highest BCUT2D eigenvalue weighted by Gasteiger charge is 2.40. The number of carbonyl (C=O) groups is 1. The third kappa shape index (κ3) is 2.41. The zero-order chi connectivity index (χ0) is 14.2. The number of carbonyl (C=O) groups excluding carboxylic acids is 1. The zero-order valence-electron chi connectivity index (χ0n) is 10.0. The minimum absolute atomic E-state index is 0.0371. The Hall–Kier alpha value is -1.31. The maximum absolute atomic E-state index is 12.5. The molecule has 1 aliphatic rings. The Balaban J connectivity index is 2.51. The first-order chi connectivity index (χ1) is 8.85. The Morgan fingerprint density at radius 3 is 2.68 bits per heavy atom. The quantitative estimate of drug-likeness (QED) is 0.796. The maximum atomic E-state index is 12.5. The molecule has 0 aliphatic carbocycles. The van der Waals surface area contributed by atoms with Crippen molar-refractivity contribution in [2.24, 2.45) is 5.73 Å². The number of rotatable bonds is 3. The predicted molar refractivity (Wildman–Crippen MR) is 72.0 cm³/mol. The fourth-order valence-electron chi connectivity index (χ4n) is 2.23. The molecule has 0 spiro atoms. The highest BCUT2D eigenvalue weighted by Crippen LogP contribution is 2.33. The van der Waals surface area contributed by atoms with Crippen LogP contribution < -0.4 is 11.5 Å². The van der Waals surface area contributed by atoms with Gasteiger partial charge in [0.1, 0.15) is 10.9 Å². The van der Waals surface area contributed by atoms with Gasteiger partial charge in [0.15, 0.2) is 0 Å². The monoisotopic (exact) mass is 303 g/mol. The summed E-state index contributed by atoms with van der Waals surface area (Å²) < 4.78 is 26.2. The summed E-state index contributed by atoms with van der Waals surface area (Å²) in [4.78, 5) is 11.1. The van der Waals surface area contributed by atoms with Gasteiger partial charge in [-0.15, -0.1) is 0 Å². The second kappa shape index (κ2) is 4.99. The fraction of sp³-hybridized carbons (Fsp3) is 0.364. The first-order valence-corrected chi connectivity index (χ1v) is 7.52. The lowest BCUT2D eigenvalue weighted by atomic mass is 10.2. The molecule has 1 aliphatic heterocycles. The second-order valence-corrected chi connectivity index (χ2v) is 6.57. The van der Waals surface area contributed by atoms with Gasteiger partial charge in [0.05, 0.1) is 10.7 Å². The van der Waals surface area contributed by atoms with E-state index < -0.39 is 22.0 Å². The largest absolute Gasteiger partial charge is 0.398 e. The highest BCUT2D eigenvalue weighted by molar-refractivity contribution is 7.89. The molecule has 6 nitrogen and oxygen atoms in total. The van der Waals surface area contributed by atoms with Crippen molar-refractivity contribution in [1.82, 2.24) is 4.31 Å². The predicted octanol–water partition coefficient (Wildman–Crippen LogP) is 0.561. The SMILES string of the molecule is NC(=O)C1CCCN1S(=O)(=O)c1c(N)cccc1Cl. The molecule has 1 fully saturated rings. The molecule has 1 aromatic carbocycles. The Morgan fingerprint density at radius 1 is 1.42 bits per heavy atom. The fourth-order valence-corrected chi connectivity index (χ4v) is 4.53. The van der Waals surface area contributed by atoms with Gasteiger partial charge in [-0.2, -0.15) is 4.31 Å². The van der Waals surface area contributed by atoms with Crippen molar-refractivity contribution in [2.75, 3.05) is 12.3 Å². The van der Waals surface area contributed by atoms with Crippen molar-refractivity contribution in [3.05, 3.63) is 23.2 Å². The van der Waals surface area contributed by atoms with Gasteiger partial charge in [-0.3, -0.25) is 4.79 Å². The molecule has 104 valence electrons. The van der Waals surface area contributed by atoms with E-state index in [0.717, 1.165) is 4.31 Å². The van der Waals surface area contributed by atoms with Crippen LogP contribution in [0.3, 0.4) is 0 Å². The third-order valence-corrected chi connectivity index (χ3v) is 5.55. The number of hydrogen-bond acceptors (Lipinski definition) is 4. The molecule has 1 aromatic rings. The van der Waals surface area contributed by atoms with Crippen molar-refractivity contribution in [1.29, 1.82) is 0 Å². The number of hydrogen-bond donors (Lipinski definition) is 2. The number of halogens is 1. The summed E-state index contributed by atoms with van der Waals surface area (Å²) in [6.45, 7) is 0.237. The highest BCUT2D eigenvalue weighted by atomic mass is 35.5. The van der Waals surface area contributed by atoms with E-state index in [2.05, 4.69) is 0 Å². The normalized spacial score (nSPS) is 20.6. The van der Waals surface area contributed by atoms with Crippen LogP contribution in [0, 0.1) is 0 Å². The standard InChI is InChI=1S/C11H14ClN3O3S/c12-7-3-1-4-8(13)10(7)19(17,18)15-6-2-5-9(15)11(14)16/h1,3-4,9H,2,5-6,13H2,(H2,14,16). The van der Waals surface area contributed by atoms with Crippen LogP contribution in [-0.2, 0) is 14.8 Å². The molecule has 1 atom stereocenters. The van der Waals surface area contributed by atoms with Crippen LogP contribution in [0.2, 0.25) is 5.02 Å². The van der Waals surface area contributed by atoms with Crippen molar-refractivity contribution < 1.29 is 13.2 Å². The first kappa shape index (κ1) is 14.1. The Morgan fingerprint density at radius 2 is 2.11 bits per heavy atom. The lowest BCUT2D eigenvalue weighted by Crippen LogP contribution is -2.43. The molecule has 1 heterocycles. The molecule has 0 bridgehead atoms. The van der Waals surface area contributed by atoms with Crippen molar-refractivity contribution >= 4 is 33.2 Å². The van der Waals surface area contributed by atoms with E-state index in [-0.39, 0.29) is 22.2 Å². The van der Waals surface area contributed by atoms with Gasteiger partial charge < -0.3 is 11.5 Å². The summed E-state index contributed by atoms with van der Waals surface area (Å²) in [5, 5.41) is 0.0371. The van der Waals surface area contributed by atoms with Gasteiger partial charge in [0.2, 0.25) is 15.9 Å². The number of nitrogens with zero attached hydrogens (tertiary/aromatic N) is 1. The summed E-state index contributed by atoms with van der Waals surface area (Å²) >= 11 is 5.92. The average molecular weight is 304 g/mol. The summed E-state index contributed by atoms with van der Waals surface area (Å²) in [5.74, 6) is -0.660. The molecule has 0 aromatic heterocycles. The van der Waals surface area contributed by atoms with E-state index in [1.54, 1.807) is 6.07 Å². The van der Waals surface area contributed by atoms with Gasteiger partial charge in [-0.05, 0) is 25.0 Å². The number of amides is 1. The van der Waals surface area contributed by atoms with E-state index in [1.807, 2.05) is 0 Å². The lowest BCUT2D eigenvalue weighted by molar-refractivity contribution is -0.121. The summed E-state index contributed by atoms with van der Waals surface area (Å²) in [6, 6.07) is 3.63. The average Bonchev–Trinajstić information content (AvgIpc) is 2.77. The van der Waals surface area contributed by atoms with Crippen LogP contribution in [0.25, 0.3) is 0 Å². The number of nitrogen functional groups attached to an aromatic ring is 1. The van der Waals surface area contributed by atoms with Gasteiger partial charge in [-0.25, -0.2) is 8.42 Å². The van der Waals surface area contributed by atoms with Crippen LogP contribution in [-0.4, -0.2) is 31.2 Å². The van der Waals surface area contributed by atoms with Gasteiger partial charge in [-0.1, -0.05) is 17.7 Å². The Bertz CT molecular complexity index is 597. The van der Waals surface area contributed by atoms with E-state index in [4.69, 9.17) is 23.1 Å². The minimum atomic E-state index is -3.92. The first-order valence-electron chi connectivity index (χ1n) is 5.71. The summed E-state index contributed by atoms with van der Waals surface area (Å²) in [6.07, 6.45) is 0.996. The lowest BCUT2D eigenvalue weighted by Gasteiger charge is -2.22. The van der Waals surface area contributed by atoms with E-state index in [9.17, 15) is 13.2 Å². The molecule has 0 radical (unpaired) electrons. The Kier molecular flexibility index (Phi) is 3.71. The molecule has 0 saturated carbocycles. The molecule has 19 heavy (non-hydrogen) atoms. The van der Waals surface area contributed by atoms with Crippen LogP contribution in [0.1, 0.15) is 12.8 Å². The molecule has 1 amide bonds. The van der Waals surface area contributed by atoms with Gasteiger partial charge >= 0.3 is 0 Å². The number of nitrogens with two attached hydrogens (primary N) is 2. The zero-order valence-corrected chi connectivity index (χ0v) is 11.6. The smallest absolute Gasteiger partial charge is 0.247 e. The van der Waals surface area contributed by atoms with Crippen molar-refractivity contribution in [2.45, 2.75) is 23.8 Å². The number of sulfonamides is 1. The summed E-state index contributed by atoms with van der Waals surface area (Å²) in [7, 11) is -3.92.